The summed E-state index contributed by atoms with van der Waals surface area (Å²) in [6, 6.07) is 21.4. The standard InChI is InChI=1S/C23H15Cl2NO2S/c1-14-4-2-3-5-19(14)26-22(27)20(15-6-8-16(24)9-7-15)21(23(26)28)29-18-12-10-17(25)11-13-18/h2-13H,1H3. The van der Waals surface area contributed by atoms with Gasteiger partial charge in [0, 0.05) is 14.9 Å². The SMILES string of the molecule is Cc1ccccc1N1C(=O)C(Sc2ccc(Cl)cc2)=C(c2ccc(Cl)cc2)C1=O. The second-order valence-electron chi connectivity index (χ2n) is 6.50. The molecule has 3 nitrogen and oxygen atoms in total. The lowest BCUT2D eigenvalue weighted by atomic mass is 10.1. The van der Waals surface area contributed by atoms with Gasteiger partial charge in [0.05, 0.1) is 16.2 Å². The Balaban J connectivity index is 1.83. The van der Waals surface area contributed by atoms with Gasteiger partial charge in [-0.25, -0.2) is 4.90 Å². The molecule has 0 saturated heterocycles. The largest absolute Gasteiger partial charge is 0.272 e. The molecule has 2 amide bonds. The zero-order valence-electron chi connectivity index (χ0n) is 15.4. The van der Waals surface area contributed by atoms with E-state index in [9.17, 15) is 9.59 Å². The van der Waals surface area contributed by atoms with E-state index in [1.54, 1.807) is 42.5 Å². The maximum atomic E-state index is 13.4. The molecule has 0 bridgehead atoms. The monoisotopic (exact) mass is 439 g/mol. The zero-order valence-corrected chi connectivity index (χ0v) is 17.7. The first-order valence-corrected chi connectivity index (χ1v) is 10.4. The van der Waals surface area contributed by atoms with E-state index < -0.39 is 0 Å². The fourth-order valence-electron chi connectivity index (χ4n) is 3.13. The van der Waals surface area contributed by atoms with Crippen molar-refractivity contribution in [1.29, 1.82) is 0 Å². The molecule has 0 radical (unpaired) electrons. The van der Waals surface area contributed by atoms with Crippen LogP contribution in [0.2, 0.25) is 10.0 Å². The van der Waals surface area contributed by atoms with Gasteiger partial charge in [-0.2, -0.15) is 0 Å². The van der Waals surface area contributed by atoms with E-state index in [0.29, 0.717) is 31.8 Å². The summed E-state index contributed by atoms with van der Waals surface area (Å²) in [6.07, 6.45) is 0. The number of halogens is 2. The lowest BCUT2D eigenvalue weighted by Gasteiger charge is -2.17. The van der Waals surface area contributed by atoms with Gasteiger partial charge in [-0.3, -0.25) is 9.59 Å². The van der Waals surface area contributed by atoms with Crippen molar-refractivity contribution < 1.29 is 9.59 Å². The van der Waals surface area contributed by atoms with Crippen LogP contribution in [-0.2, 0) is 9.59 Å². The van der Waals surface area contributed by atoms with Crippen molar-refractivity contribution in [2.45, 2.75) is 11.8 Å². The van der Waals surface area contributed by atoms with E-state index in [1.165, 1.54) is 16.7 Å². The van der Waals surface area contributed by atoms with E-state index >= 15 is 0 Å². The number of imide groups is 1. The van der Waals surface area contributed by atoms with Gasteiger partial charge in [0.1, 0.15) is 0 Å². The second kappa shape index (κ2) is 8.07. The minimum Gasteiger partial charge on any atom is -0.268 e. The molecule has 3 aromatic carbocycles. The zero-order chi connectivity index (χ0) is 20.5. The van der Waals surface area contributed by atoms with Crippen LogP contribution < -0.4 is 4.90 Å². The number of hydrogen-bond acceptors (Lipinski definition) is 3. The molecule has 0 N–H and O–H groups in total. The van der Waals surface area contributed by atoms with Gasteiger partial charge in [0.2, 0.25) is 0 Å². The molecule has 0 fully saturated rings. The second-order valence-corrected chi connectivity index (χ2v) is 8.46. The molecule has 6 heteroatoms. The fraction of sp³-hybridized carbons (Fsp3) is 0.0435. The Labute approximate surface area is 182 Å². The lowest BCUT2D eigenvalue weighted by molar-refractivity contribution is -0.119. The number of para-hydroxylation sites is 1. The van der Waals surface area contributed by atoms with Crippen LogP contribution >= 0.6 is 35.0 Å². The summed E-state index contributed by atoms with van der Waals surface area (Å²) in [5, 5.41) is 1.17. The molecule has 29 heavy (non-hydrogen) atoms. The highest BCUT2D eigenvalue weighted by atomic mass is 35.5. The Morgan fingerprint density at radius 1 is 0.759 bits per heavy atom. The molecule has 144 valence electrons. The molecular formula is C23H15Cl2NO2S. The molecule has 0 aliphatic carbocycles. The summed E-state index contributed by atoms with van der Waals surface area (Å²) < 4.78 is 0. The van der Waals surface area contributed by atoms with Gasteiger partial charge in [0.15, 0.2) is 0 Å². The molecule has 1 heterocycles. The number of amides is 2. The highest BCUT2D eigenvalue weighted by molar-refractivity contribution is 8.04. The van der Waals surface area contributed by atoms with E-state index in [0.717, 1.165) is 10.5 Å². The Hall–Kier alpha value is -2.53. The van der Waals surface area contributed by atoms with Crippen LogP contribution in [0.1, 0.15) is 11.1 Å². The third-order valence-electron chi connectivity index (χ3n) is 4.56. The van der Waals surface area contributed by atoms with Crippen LogP contribution in [0.3, 0.4) is 0 Å². The van der Waals surface area contributed by atoms with Crippen LogP contribution in [-0.4, -0.2) is 11.8 Å². The average Bonchev–Trinajstić information content (AvgIpc) is 2.95. The molecule has 3 aromatic rings. The normalized spacial score (nSPS) is 14.1. The summed E-state index contributed by atoms with van der Waals surface area (Å²) in [4.78, 5) is 29.2. The predicted octanol–water partition coefficient (Wildman–Crippen LogP) is 6.38. The summed E-state index contributed by atoms with van der Waals surface area (Å²) in [7, 11) is 0. The molecule has 1 aliphatic heterocycles. The first-order chi connectivity index (χ1) is 14.0. The van der Waals surface area contributed by atoms with Crippen molar-refractivity contribution in [3.63, 3.8) is 0 Å². The van der Waals surface area contributed by atoms with Gasteiger partial charge >= 0.3 is 0 Å². The molecule has 1 aliphatic rings. The molecular weight excluding hydrogens is 425 g/mol. The summed E-state index contributed by atoms with van der Waals surface area (Å²) >= 11 is 13.2. The summed E-state index contributed by atoms with van der Waals surface area (Å²) in [5.41, 5.74) is 2.46. The fourth-order valence-corrected chi connectivity index (χ4v) is 4.37. The van der Waals surface area contributed by atoms with E-state index in [2.05, 4.69) is 0 Å². The Bertz CT molecular complexity index is 1140. The molecule has 0 saturated carbocycles. The van der Waals surface area contributed by atoms with Crippen LogP contribution in [0.25, 0.3) is 5.57 Å². The van der Waals surface area contributed by atoms with Gasteiger partial charge in [-0.05, 0) is 60.5 Å². The van der Waals surface area contributed by atoms with Crippen LogP contribution in [0.4, 0.5) is 5.69 Å². The van der Waals surface area contributed by atoms with Gasteiger partial charge in [-0.1, -0.05) is 65.3 Å². The number of anilines is 1. The van der Waals surface area contributed by atoms with Gasteiger partial charge < -0.3 is 0 Å². The Morgan fingerprint density at radius 2 is 1.34 bits per heavy atom. The van der Waals surface area contributed by atoms with Crippen molar-refractivity contribution in [2.75, 3.05) is 4.90 Å². The van der Waals surface area contributed by atoms with Crippen molar-refractivity contribution in [2.24, 2.45) is 0 Å². The third kappa shape index (κ3) is 3.84. The first kappa shape index (κ1) is 19.8. The predicted molar refractivity (Wildman–Crippen MR) is 119 cm³/mol. The number of thioether (sulfide) groups is 1. The maximum Gasteiger partial charge on any atom is 0.272 e. The molecule has 0 unspecified atom stereocenters. The van der Waals surface area contributed by atoms with Crippen LogP contribution in [0.5, 0.6) is 0 Å². The summed E-state index contributed by atoms with van der Waals surface area (Å²) in [5.74, 6) is -0.683. The lowest BCUT2D eigenvalue weighted by Crippen LogP contribution is -2.31. The summed E-state index contributed by atoms with van der Waals surface area (Å²) in [6.45, 7) is 1.88. The van der Waals surface area contributed by atoms with E-state index in [-0.39, 0.29) is 11.8 Å². The van der Waals surface area contributed by atoms with Gasteiger partial charge in [0.25, 0.3) is 11.8 Å². The average molecular weight is 440 g/mol. The van der Waals surface area contributed by atoms with Crippen LogP contribution in [0, 0.1) is 6.92 Å². The molecule has 4 rings (SSSR count). The van der Waals surface area contributed by atoms with Crippen molar-refractivity contribution in [3.8, 4) is 0 Å². The highest BCUT2D eigenvalue weighted by Gasteiger charge is 2.40. The number of benzene rings is 3. The molecule has 0 atom stereocenters. The Morgan fingerprint density at radius 3 is 1.97 bits per heavy atom. The van der Waals surface area contributed by atoms with Gasteiger partial charge in [-0.15, -0.1) is 0 Å². The van der Waals surface area contributed by atoms with Crippen LogP contribution in [0.15, 0.2) is 82.6 Å². The topological polar surface area (TPSA) is 37.4 Å². The minimum absolute atomic E-state index is 0.339. The van der Waals surface area contributed by atoms with E-state index in [1.807, 2.05) is 37.3 Å². The number of hydrogen-bond donors (Lipinski definition) is 0. The number of aryl methyl sites for hydroxylation is 1. The third-order valence-corrected chi connectivity index (χ3v) is 6.16. The number of rotatable bonds is 4. The highest BCUT2D eigenvalue weighted by Crippen LogP contribution is 2.42. The molecule has 0 spiro atoms. The van der Waals surface area contributed by atoms with Crippen molar-refractivity contribution >= 4 is 58.0 Å². The smallest absolute Gasteiger partial charge is 0.268 e. The first-order valence-electron chi connectivity index (χ1n) is 8.84. The number of carbonyl (C=O) groups is 2. The van der Waals surface area contributed by atoms with E-state index in [4.69, 9.17) is 23.2 Å². The molecule has 0 aromatic heterocycles. The maximum absolute atomic E-state index is 13.4. The Kier molecular flexibility index (Phi) is 5.50. The van der Waals surface area contributed by atoms with Crippen molar-refractivity contribution in [1.82, 2.24) is 0 Å². The van der Waals surface area contributed by atoms with Crippen molar-refractivity contribution in [3.05, 3.63) is 98.9 Å². The number of carbonyl (C=O) groups excluding carboxylic acids is 2. The quantitative estimate of drug-likeness (QED) is 0.442. The number of nitrogens with zero attached hydrogens (tertiary/aromatic N) is 1. The minimum atomic E-state index is -0.344.